The number of hydrogen-bond acceptors (Lipinski definition) is 3. The molecule has 0 atom stereocenters. The van der Waals surface area contributed by atoms with E-state index in [4.69, 9.17) is 11.6 Å². The summed E-state index contributed by atoms with van der Waals surface area (Å²) in [5.41, 5.74) is 0.473. The Morgan fingerprint density at radius 1 is 1.47 bits per heavy atom. The largest absolute Gasteiger partial charge is 0.431 e. The Kier molecular flexibility index (Phi) is 7.87. The number of ether oxygens (including phenoxy) is 1. The van der Waals surface area contributed by atoms with E-state index in [1.54, 1.807) is 6.07 Å². The van der Waals surface area contributed by atoms with Crippen LogP contribution in [-0.4, -0.2) is 24.7 Å². The van der Waals surface area contributed by atoms with Gasteiger partial charge in [0.25, 0.3) is 0 Å². The molecule has 108 valence electrons. The molecule has 0 aliphatic carbocycles. The third-order valence-electron chi connectivity index (χ3n) is 2.20. The summed E-state index contributed by atoms with van der Waals surface area (Å²) in [7, 11) is 0. The van der Waals surface area contributed by atoms with Gasteiger partial charge in [-0.05, 0) is 46.0 Å². The predicted octanol–water partition coefficient (Wildman–Crippen LogP) is 5.26. The summed E-state index contributed by atoms with van der Waals surface area (Å²) < 4.78 is 29.6. The molecule has 0 unspecified atom stereocenters. The van der Waals surface area contributed by atoms with Crippen LogP contribution in [0.25, 0.3) is 0 Å². The Bertz CT molecular complexity index is 410. The first kappa shape index (κ1) is 16.9. The van der Waals surface area contributed by atoms with Crippen molar-refractivity contribution in [2.45, 2.75) is 20.0 Å². The molecule has 0 aliphatic rings. The van der Waals surface area contributed by atoms with Crippen LogP contribution in [0.4, 0.5) is 14.5 Å². The third-order valence-corrected chi connectivity index (χ3v) is 3.99. The molecule has 1 N–H and O–H groups in total. The standard InChI is InChI=1S/C12H15BrClF2NOS/c1-2-19-5-3-4-17-10-7-8(14)6-9(13)11(10)18-12(15)16/h6-7,12,17H,2-5H2,1H3. The number of rotatable bonds is 8. The van der Waals surface area contributed by atoms with Crippen LogP contribution in [0.1, 0.15) is 13.3 Å². The molecule has 1 aromatic carbocycles. The zero-order valence-electron chi connectivity index (χ0n) is 10.4. The van der Waals surface area contributed by atoms with E-state index in [1.807, 2.05) is 11.8 Å². The van der Waals surface area contributed by atoms with Crippen molar-refractivity contribution in [3.8, 4) is 5.75 Å². The van der Waals surface area contributed by atoms with Crippen LogP contribution in [0.3, 0.4) is 0 Å². The van der Waals surface area contributed by atoms with Gasteiger partial charge in [0, 0.05) is 11.6 Å². The highest BCUT2D eigenvalue weighted by atomic mass is 79.9. The average Bonchev–Trinajstić information content (AvgIpc) is 2.32. The van der Waals surface area contributed by atoms with Crippen molar-refractivity contribution in [1.29, 1.82) is 0 Å². The van der Waals surface area contributed by atoms with Gasteiger partial charge in [-0.25, -0.2) is 0 Å². The van der Waals surface area contributed by atoms with Crippen LogP contribution in [0.5, 0.6) is 5.75 Å². The van der Waals surface area contributed by atoms with Crippen LogP contribution >= 0.6 is 39.3 Å². The molecular weight excluding hydrogens is 360 g/mol. The third kappa shape index (κ3) is 6.19. The summed E-state index contributed by atoms with van der Waals surface area (Å²) in [6.07, 6.45) is 0.941. The predicted molar refractivity (Wildman–Crippen MR) is 81.9 cm³/mol. The molecule has 0 amide bonds. The minimum Gasteiger partial charge on any atom is -0.431 e. The van der Waals surface area contributed by atoms with E-state index < -0.39 is 6.61 Å². The van der Waals surface area contributed by atoms with Crippen molar-refractivity contribution in [2.75, 3.05) is 23.4 Å². The van der Waals surface area contributed by atoms with Crippen LogP contribution in [0.2, 0.25) is 5.02 Å². The molecule has 0 fully saturated rings. The molecule has 0 saturated carbocycles. The molecule has 0 radical (unpaired) electrons. The molecule has 1 rings (SSSR count). The Morgan fingerprint density at radius 3 is 2.84 bits per heavy atom. The summed E-state index contributed by atoms with van der Waals surface area (Å²) in [5, 5.41) is 3.53. The van der Waals surface area contributed by atoms with E-state index in [9.17, 15) is 8.78 Å². The molecule has 0 bridgehead atoms. The van der Waals surface area contributed by atoms with Gasteiger partial charge in [0.05, 0.1) is 10.2 Å². The lowest BCUT2D eigenvalue weighted by atomic mass is 10.3. The summed E-state index contributed by atoms with van der Waals surface area (Å²) in [6, 6.07) is 3.11. The van der Waals surface area contributed by atoms with Crippen LogP contribution in [0, 0.1) is 0 Å². The summed E-state index contributed by atoms with van der Waals surface area (Å²) in [4.78, 5) is 0. The maximum atomic E-state index is 12.4. The van der Waals surface area contributed by atoms with Crippen molar-refractivity contribution in [3.05, 3.63) is 21.6 Å². The fourth-order valence-corrected chi connectivity index (χ4v) is 2.98. The van der Waals surface area contributed by atoms with E-state index in [0.717, 1.165) is 17.9 Å². The van der Waals surface area contributed by atoms with Crippen LogP contribution in [0.15, 0.2) is 16.6 Å². The van der Waals surface area contributed by atoms with Gasteiger partial charge in [0.1, 0.15) is 0 Å². The molecular formula is C12H15BrClF2NOS. The zero-order valence-corrected chi connectivity index (χ0v) is 13.5. The lowest BCUT2D eigenvalue weighted by Crippen LogP contribution is -2.08. The van der Waals surface area contributed by atoms with Crippen molar-refractivity contribution < 1.29 is 13.5 Å². The first-order chi connectivity index (χ1) is 9.04. The number of nitrogens with one attached hydrogen (secondary N) is 1. The molecule has 19 heavy (non-hydrogen) atoms. The van der Waals surface area contributed by atoms with Gasteiger partial charge < -0.3 is 10.1 Å². The number of benzene rings is 1. The molecule has 2 nitrogen and oxygen atoms in total. The summed E-state index contributed by atoms with van der Waals surface area (Å²) in [5.74, 6) is 2.18. The minimum atomic E-state index is -2.87. The lowest BCUT2D eigenvalue weighted by Gasteiger charge is -2.14. The van der Waals surface area contributed by atoms with Crippen molar-refractivity contribution >= 4 is 45.0 Å². The van der Waals surface area contributed by atoms with Gasteiger partial charge in [-0.15, -0.1) is 0 Å². The smallest absolute Gasteiger partial charge is 0.387 e. The Balaban J connectivity index is 2.68. The van der Waals surface area contributed by atoms with Crippen molar-refractivity contribution in [2.24, 2.45) is 0 Å². The summed E-state index contributed by atoms with van der Waals surface area (Å²) >= 11 is 10.9. The number of alkyl halides is 2. The highest BCUT2D eigenvalue weighted by Crippen LogP contribution is 2.37. The number of thioether (sulfide) groups is 1. The van der Waals surface area contributed by atoms with Crippen molar-refractivity contribution in [3.63, 3.8) is 0 Å². The molecule has 0 saturated heterocycles. The molecule has 0 heterocycles. The maximum Gasteiger partial charge on any atom is 0.387 e. The van der Waals surface area contributed by atoms with E-state index in [-0.39, 0.29) is 5.75 Å². The second-order valence-corrected chi connectivity index (χ2v) is 6.30. The fraction of sp³-hybridized carbons (Fsp3) is 0.500. The van der Waals surface area contributed by atoms with Crippen LogP contribution < -0.4 is 10.1 Å². The van der Waals surface area contributed by atoms with Gasteiger partial charge in [-0.2, -0.15) is 20.5 Å². The van der Waals surface area contributed by atoms with E-state index in [0.29, 0.717) is 21.7 Å². The molecule has 7 heteroatoms. The second kappa shape index (κ2) is 8.87. The normalized spacial score (nSPS) is 10.8. The lowest BCUT2D eigenvalue weighted by molar-refractivity contribution is -0.0498. The van der Waals surface area contributed by atoms with E-state index in [1.165, 1.54) is 6.07 Å². The fourth-order valence-electron chi connectivity index (χ4n) is 1.44. The number of halogens is 4. The second-order valence-electron chi connectivity index (χ2n) is 3.62. The van der Waals surface area contributed by atoms with Gasteiger partial charge in [-0.3, -0.25) is 0 Å². The molecule has 1 aromatic rings. The van der Waals surface area contributed by atoms with Gasteiger partial charge in [-0.1, -0.05) is 18.5 Å². The van der Waals surface area contributed by atoms with Gasteiger partial charge in [0.2, 0.25) is 0 Å². The monoisotopic (exact) mass is 373 g/mol. The number of hydrogen-bond donors (Lipinski definition) is 1. The van der Waals surface area contributed by atoms with Gasteiger partial charge >= 0.3 is 6.61 Å². The van der Waals surface area contributed by atoms with E-state index in [2.05, 4.69) is 32.9 Å². The number of anilines is 1. The van der Waals surface area contributed by atoms with Crippen molar-refractivity contribution in [1.82, 2.24) is 0 Å². The molecule has 0 aromatic heterocycles. The molecule has 0 aliphatic heterocycles. The maximum absolute atomic E-state index is 12.4. The Hall–Kier alpha value is -0.200. The SMILES string of the molecule is CCSCCCNc1cc(Cl)cc(Br)c1OC(F)F. The van der Waals surface area contributed by atoms with E-state index >= 15 is 0 Å². The first-order valence-electron chi connectivity index (χ1n) is 5.80. The van der Waals surface area contributed by atoms with Crippen LogP contribution in [-0.2, 0) is 0 Å². The first-order valence-corrected chi connectivity index (χ1v) is 8.12. The zero-order chi connectivity index (χ0) is 14.3. The topological polar surface area (TPSA) is 21.3 Å². The van der Waals surface area contributed by atoms with Gasteiger partial charge in [0.15, 0.2) is 5.75 Å². The highest BCUT2D eigenvalue weighted by Gasteiger charge is 2.14. The summed E-state index contributed by atoms with van der Waals surface area (Å²) in [6.45, 7) is -0.0891. The Labute approximate surface area is 129 Å². The molecule has 0 spiro atoms. The Morgan fingerprint density at radius 2 is 2.21 bits per heavy atom. The average molecular weight is 375 g/mol. The minimum absolute atomic E-state index is 0.0857. The quantitative estimate of drug-likeness (QED) is 0.627. The highest BCUT2D eigenvalue weighted by molar-refractivity contribution is 9.10.